The third-order valence-corrected chi connectivity index (χ3v) is 2.22. The van der Waals surface area contributed by atoms with Crippen molar-refractivity contribution in [3.05, 3.63) is 38.0 Å². The highest BCUT2D eigenvalue weighted by Gasteiger charge is 2.10. The summed E-state index contributed by atoms with van der Waals surface area (Å²) in [5.41, 5.74) is 0. The highest BCUT2D eigenvalue weighted by Crippen LogP contribution is 1.90. The van der Waals surface area contributed by atoms with Gasteiger partial charge in [-0.3, -0.25) is 14.4 Å². The second-order valence-electron chi connectivity index (χ2n) is 3.52. The van der Waals surface area contributed by atoms with Gasteiger partial charge in [-0.05, 0) is 18.2 Å². The standard InChI is InChI=1S/C13H19N3O3/c1-4-11(17)14-7-9-16(13(19)6-3)10-8-15-12(18)5-2/h4-6H,1-3,7-10H2,(H,14,17)(H,15,18). The second-order valence-corrected chi connectivity index (χ2v) is 3.52. The second kappa shape index (κ2) is 9.64. The van der Waals surface area contributed by atoms with Crippen molar-refractivity contribution in [2.45, 2.75) is 0 Å². The molecule has 0 heterocycles. The molecule has 0 fully saturated rings. The Morgan fingerprint density at radius 2 is 1.26 bits per heavy atom. The topological polar surface area (TPSA) is 78.5 Å². The lowest BCUT2D eigenvalue weighted by Crippen LogP contribution is -2.41. The first-order valence-corrected chi connectivity index (χ1v) is 5.77. The van der Waals surface area contributed by atoms with Gasteiger partial charge in [-0.2, -0.15) is 0 Å². The average molecular weight is 265 g/mol. The Morgan fingerprint density at radius 3 is 1.58 bits per heavy atom. The van der Waals surface area contributed by atoms with Crippen LogP contribution in [-0.4, -0.2) is 48.8 Å². The molecule has 6 heteroatoms. The lowest BCUT2D eigenvalue weighted by molar-refractivity contribution is -0.127. The van der Waals surface area contributed by atoms with E-state index in [2.05, 4.69) is 30.4 Å². The van der Waals surface area contributed by atoms with Crippen molar-refractivity contribution in [1.29, 1.82) is 0 Å². The Labute approximate surface area is 112 Å². The molecule has 19 heavy (non-hydrogen) atoms. The lowest BCUT2D eigenvalue weighted by Gasteiger charge is -2.21. The van der Waals surface area contributed by atoms with Crippen LogP contribution >= 0.6 is 0 Å². The molecule has 0 bridgehead atoms. The molecule has 0 aliphatic heterocycles. The third kappa shape index (κ3) is 7.54. The maximum atomic E-state index is 11.5. The molecule has 0 radical (unpaired) electrons. The summed E-state index contributed by atoms with van der Waals surface area (Å²) in [5, 5.41) is 5.13. The zero-order valence-electron chi connectivity index (χ0n) is 10.9. The summed E-state index contributed by atoms with van der Waals surface area (Å²) in [6, 6.07) is 0. The number of rotatable bonds is 9. The van der Waals surface area contributed by atoms with Gasteiger partial charge in [0, 0.05) is 26.2 Å². The minimum atomic E-state index is -0.300. The molecule has 0 saturated heterocycles. The van der Waals surface area contributed by atoms with E-state index in [1.165, 1.54) is 11.0 Å². The first-order chi connectivity index (χ1) is 9.04. The van der Waals surface area contributed by atoms with Crippen molar-refractivity contribution in [2.24, 2.45) is 0 Å². The first-order valence-electron chi connectivity index (χ1n) is 5.77. The van der Waals surface area contributed by atoms with E-state index in [9.17, 15) is 14.4 Å². The highest BCUT2D eigenvalue weighted by molar-refractivity contribution is 5.88. The Morgan fingerprint density at radius 1 is 0.842 bits per heavy atom. The van der Waals surface area contributed by atoms with Crippen molar-refractivity contribution in [1.82, 2.24) is 15.5 Å². The molecule has 0 aliphatic carbocycles. The summed E-state index contributed by atoms with van der Waals surface area (Å²) in [7, 11) is 0. The number of nitrogens with zero attached hydrogens (tertiary/aromatic N) is 1. The van der Waals surface area contributed by atoms with Crippen LogP contribution in [0.1, 0.15) is 0 Å². The number of amides is 3. The number of carbonyl (C=O) groups is 3. The van der Waals surface area contributed by atoms with Gasteiger partial charge < -0.3 is 15.5 Å². The Bertz CT molecular complexity index is 351. The minimum absolute atomic E-state index is 0.263. The Hall–Kier alpha value is -2.37. The van der Waals surface area contributed by atoms with Gasteiger partial charge in [0.05, 0.1) is 0 Å². The monoisotopic (exact) mass is 265 g/mol. The molecule has 104 valence electrons. The molecule has 0 aliphatic rings. The van der Waals surface area contributed by atoms with Gasteiger partial charge in [0.1, 0.15) is 0 Å². The summed E-state index contributed by atoms with van der Waals surface area (Å²) in [5.74, 6) is -0.863. The van der Waals surface area contributed by atoms with E-state index in [4.69, 9.17) is 0 Å². The van der Waals surface area contributed by atoms with E-state index in [-0.39, 0.29) is 17.7 Å². The molecule has 3 amide bonds. The van der Waals surface area contributed by atoms with Crippen LogP contribution < -0.4 is 10.6 Å². The molecular formula is C13H19N3O3. The smallest absolute Gasteiger partial charge is 0.246 e. The van der Waals surface area contributed by atoms with E-state index in [0.29, 0.717) is 26.2 Å². The maximum absolute atomic E-state index is 11.5. The van der Waals surface area contributed by atoms with Gasteiger partial charge in [-0.15, -0.1) is 0 Å². The number of hydrogen-bond donors (Lipinski definition) is 2. The Kier molecular flexibility index (Phi) is 8.44. The molecular weight excluding hydrogens is 246 g/mol. The molecule has 0 unspecified atom stereocenters. The fourth-order valence-electron chi connectivity index (χ4n) is 1.23. The maximum Gasteiger partial charge on any atom is 0.246 e. The molecule has 0 atom stereocenters. The van der Waals surface area contributed by atoms with Crippen LogP contribution in [0.15, 0.2) is 38.0 Å². The van der Waals surface area contributed by atoms with Crippen LogP contribution in [0.3, 0.4) is 0 Å². The number of hydrogen-bond acceptors (Lipinski definition) is 3. The largest absolute Gasteiger partial charge is 0.351 e. The minimum Gasteiger partial charge on any atom is -0.351 e. The van der Waals surface area contributed by atoms with Gasteiger partial charge in [0.15, 0.2) is 0 Å². The zero-order valence-corrected chi connectivity index (χ0v) is 10.9. The van der Waals surface area contributed by atoms with Crippen LogP contribution in [0, 0.1) is 0 Å². The molecule has 0 spiro atoms. The molecule has 0 rings (SSSR count). The van der Waals surface area contributed by atoms with E-state index in [1.54, 1.807) is 0 Å². The van der Waals surface area contributed by atoms with Crippen molar-refractivity contribution in [3.63, 3.8) is 0 Å². The summed E-state index contributed by atoms with van der Waals surface area (Å²) in [6.07, 6.45) is 3.50. The Balaban J connectivity index is 4.16. The van der Waals surface area contributed by atoms with Crippen LogP contribution in [-0.2, 0) is 14.4 Å². The van der Waals surface area contributed by atoms with Gasteiger partial charge >= 0.3 is 0 Å². The molecule has 0 aromatic rings. The van der Waals surface area contributed by atoms with E-state index >= 15 is 0 Å². The molecule has 0 aromatic carbocycles. The van der Waals surface area contributed by atoms with Gasteiger partial charge in [0.25, 0.3) is 0 Å². The van der Waals surface area contributed by atoms with Gasteiger partial charge in [-0.1, -0.05) is 19.7 Å². The summed E-state index contributed by atoms with van der Waals surface area (Å²) < 4.78 is 0. The first kappa shape index (κ1) is 16.6. The summed E-state index contributed by atoms with van der Waals surface area (Å²) in [4.78, 5) is 34.9. The average Bonchev–Trinajstić information content (AvgIpc) is 2.44. The van der Waals surface area contributed by atoms with Crippen LogP contribution in [0.4, 0.5) is 0 Å². The van der Waals surface area contributed by atoms with Crippen LogP contribution in [0.5, 0.6) is 0 Å². The fourth-order valence-corrected chi connectivity index (χ4v) is 1.23. The van der Waals surface area contributed by atoms with Crippen molar-refractivity contribution >= 4 is 17.7 Å². The summed E-state index contributed by atoms with van der Waals surface area (Å²) in [6.45, 7) is 11.3. The molecule has 0 saturated carbocycles. The number of nitrogens with one attached hydrogen (secondary N) is 2. The van der Waals surface area contributed by atoms with Crippen LogP contribution in [0.2, 0.25) is 0 Å². The number of carbonyl (C=O) groups excluding carboxylic acids is 3. The SMILES string of the molecule is C=CC(=O)NCCN(CCNC(=O)C=C)C(=O)C=C. The van der Waals surface area contributed by atoms with Crippen molar-refractivity contribution in [3.8, 4) is 0 Å². The third-order valence-electron chi connectivity index (χ3n) is 2.22. The van der Waals surface area contributed by atoms with E-state index in [0.717, 1.165) is 12.2 Å². The normalized spacial score (nSPS) is 9.05. The highest BCUT2D eigenvalue weighted by atomic mass is 16.2. The van der Waals surface area contributed by atoms with Crippen molar-refractivity contribution < 1.29 is 14.4 Å². The zero-order chi connectivity index (χ0) is 14.7. The predicted molar refractivity (Wildman–Crippen MR) is 73.2 cm³/mol. The van der Waals surface area contributed by atoms with E-state index < -0.39 is 0 Å². The quantitative estimate of drug-likeness (QED) is 0.557. The van der Waals surface area contributed by atoms with E-state index in [1.807, 2.05) is 0 Å². The van der Waals surface area contributed by atoms with Gasteiger partial charge in [0.2, 0.25) is 17.7 Å². The fraction of sp³-hybridized carbons (Fsp3) is 0.308. The summed E-state index contributed by atoms with van der Waals surface area (Å²) >= 11 is 0. The van der Waals surface area contributed by atoms with Gasteiger partial charge in [-0.25, -0.2) is 0 Å². The lowest BCUT2D eigenvalue weighted by atomic mass is 10.4. The molecule has 6 nitrogen and oxygen atoms in total. The molecule has 2 N–H and O–H groups in total. The van der Waals surface area contributed by atoms with Crippen molar-refractivity contribution in [2.75, 3.05) is 26.2 Å². The predicted octanol–water partition coefficient (Wildman–Crippen LogP) is -0.395. The van der Waals surface area contributed by atoms with Crippen LogP contribution in [0.25, 0.3) is 0 Å². The molecule has 0 aromatic heterocycles.